The molecule has 0 unspecified atom stereocenters. The highest BCUT2D eigenvalue weighted by Crippen LogP contribution is 2.32. The van der Waals surface area contributed by atoms with Gasteiger partial charge in [-0.1, -0.05) is 51.7 Å². The van der Waals surface area contributed by atoms with E-state index in [1.165, 1.54) is 37.7 Å². The second-order valence-corrected chi connectivity index (χ2v) is 8.69. The smallest absolute Gasteiger partial charge is 0.314 e. The third-order valence-corrected chi connectivity index (χ3v) is 6.47. The lowest BCUT2D eigenvalue weighted by atomic mass is 9.80. The molecular formula is C23H34O2. The predicted octanol–water partition coefficient (Wildman–Crippen LogP) is 6.18. The van der Waals surface area contributed by atoms with E-state index in [1.54, 1.807) is 0 Å². The highest BCUT2D eigenvalue weighted by Gasteiger charge is 2.26. The van der Waals surface area contributed by atoms with Crippen LogP contribution in [0, 0.1) is 23.7 Å². The van der Waals surface area contributed by atoms with Crippen LogP contribution in [0.3, 0.4) is 0 Å². The number of rotatable bonds is 5. The van der Waals surface area contributed by atoms with Crippen LogP contribution in [0.5, 0.6) is 5.75 Å². The molecule has 0 bridgehead atoms. The first-order chi connectivity index (χ1) is 12.1. The van der Waals surface area contributed by atoms with Gasteiger partial charge in [-0.15, -0.1) is 0 Å². The quantitative estimate of drug-likeness (QED) is 0.472. The Bertz CT molecular complexity index is 532. The molecule has 0 atom stereocenters. The van der Waals surface area contributed by atoms with Crippen LogP contribution in [0.2, 0.25) is 0 Å². The number of aryl methyl sites for hydroxylation is 1. The first-order valence-electron chi connectivity index (χ1n) is 10.4. The first-order valence-corrected chi connectivity index (χ1v) is 10.4. The van der Waals surface area contributed by atoms with Crippen molar-refractivity contribution in [1.82, 2.24) is 0 Å². The van der Waals surface area contributed by atoms with E-state index in [9.17, 15) is 4.79 Å². The summed E-state index contributed by atoms with van der Waals surface area (Å²) in [5, 5.41) is 0. The lowest BCUT2D eigenvalue weighted by Crippen LogP contribution is -2.24. The maximum absolute atomic E-state index is 12.3. The minimum Gasteiger partial charge on any atom is -0.426 e. The number of esters is 1. The molecule has 138 valence electrons. The zero-order valence-corrected chi connectivity index (χ0v) is 16.0. The number of benzene rings is 1. The summed E-state index contributed by atoms with van der Waals surface area (Å²) in [4.78, 5) is 12.3. The second-order valence-electron chi connectivity index (χ2n) is 8.69. The summed E-state index contributed by atoms with van der Waals surface area (Å²) in [6.45, 7) is 4.65. The van der Waals surface area contributed by atoms with Crippen molar-refractivity contribution in [3.63, 3.8) is 0 Å². The van der Waals surface area contributed by atoms with Gasteiger partial charge in [0.25, 0.3) is 0 Å². The molecular weight excluding hydrogens is 308 g/mol. The summed E-state index contributed by atoms with van der Waals surface area (Å²) in [6, 6.07) is 8.22. The average Bonchev–Trinajstić information content (AvgIpc) is 2.63. The fraction of sp³-hybridized carbons (Fsp3) is 0.696. The van der Waals surface area contributed by atoms with Crippen molar-refractivity contribution in [2.75, 3.05) is 0 Å². The van der Waals surface area contributed by atoms with Gasteiger partial charge in [-0.25, -0.2) is 0 Å². The van der Waals surface area contributed by atoms with E-state index >= 15 is 0 Å². The van der Waals surface area contributed by atoms with E-state index in [4.69, 9.17) is 4.74 Å². The Hall–Kier alpha value is -1.31. The number of hydrogen-bond donors (Lipinski definition) is 0. The molecule has 2 nitrogen and oxygen atoms in total. The lowest BCUT2D eigenvalue weighted by Gasteiger charge is -2.26. The summed E-state index contributed by atoms with van der Waals surface area (Å²) in [5.41, 5.74) is 1.37. The lowest BCUT2D eigenvalue weighted by molar-refractivity contribution is -0.140. The third-order valence-electron chi connectivity index (χ3n) is 6.47. The zero-order chi connectivity index (χ0) is 17.6. The molecule has 1 aromatic carbocycles. The highest BCUT2D eigenvalue weighted by molar-refractivity contribution is 5.75. The molecule has 0 aromatic heterocycles. The van der Waals surface area contributed by atoms with Gasteiger partial charge in [0.05, 0.1) is 5.92 Å². The molecule has 2 aliphatic rings. The molecule has 0 aliphatic heterocycles. The number of carbonyl (C=O) groups is 1. The molecule has 1 aromatic rings. The second kappa shape index (κ2) is 8.87. The van der Waals surface area contributed by atoms with Gasteiger partial charge in [0.1, 0.15) is 5.75 Å². The topological polar surface area (TPSA) is 26.3 Å². The molecule has 0 N–H and O–H groups in total. The van der Waals surface area contributed by atoms with E-state index < -0.39 is 0 Å². The SMILES string of the molecule is CC1CCC(CCc2ccc(OC(=O)C3CCC(C)CC3)cc2)CC1. The third kappa shape index (κ3) is 5.59. The molecule has 0 heterocycles. The fourth-order valence-electron chi connectivity index (χ4n) is 4.41. The molecule has 2 aliphatic carbocycles. The van der Waals surface area contributed by atoms with Gasteiger partial charge in [-0.2, -0.15) is 0 Å². The van der Waals surface area contributed by atoms with E-state index in [0.29, 0.717) is 5.75 Å². The van der Waals surface area contributed by atoms with Crippen molar-refractivity contribution in [2.45, 2.75) is 78.1 Å². The Labute approximate surface area is 153 Å². The number of carbonyl (C=O) groups excluding carboxylic acids is 1. The maximum Gasteiger partial charge on any atom is 0.314 e. The van der Waals surface area contributed by atoms with Crippen LogP contribution in [-0.2, 0) is 11.2 Å². The Morgan fingerprint density at radius 3 is 2.04 bits per heavy atom. The average molecular weight is 343 g/mol. The molecule has 25 heavy (non-hydrogen) atoms. The Morgan fingerprint density at radius 2 is 1.44 bits per heavy atom. The molecule has 3 rings (SSSR count). The summed E-state index contributed by atoms with van der Waals surface area (Å²) in [5.74, 6) is 3.37. The summed E-state index contributed by atoms with van der Waals surface area (Å²) in [7, 11) is 0. The van der Waals surface area contributed by atoms with Crippen LogP contribution in [0.25, 0.3) is 0 Å². The Balaban J connectivity index is 1.43. The predicted molar refractivity (Wildman–Crippen MR) is 103 cm³/mol. The van der Waals surface area contributed by atoms with Gasteiger partial charge in [0, 0.05) is 0 Å². The molecule has 0 saturated heterocycles. The summed E-state index contributed by atoms with van der Waals surface area (Å²) >= 11 is 0. The monoisotopic (exact) mass is 342 g/mol. The largest absolute Gasteiger partial charge is 0.426 e. The van der Waals surface area contributed by atoms with Crippen molar-refractivity contribution >= 4 is 5.97 Å². The van der Waals surface area contributed by atoms with Crippen LogP contribution in [0.1, 0.15) is 77.2 Å². The van der Waals surface area contributed by atoms with Gasteiger partial charge in [0.15, 0.2) is 0 Å². The van der Waals surface area contributed by atoms with Gasteiger partial charge in [-0.3, -0.25) is 4.79 Å². The van der Waals surface area contributed by atoms with Crippen molar-refractivity contribution < 1.29 is 9.53 Å². The van der Waals surface area contributed by atoms with Crippen LogP contribution in [0.15, 0.2) is 24.3 Å². The van der Waals surface area contributed by atoms with E-state index in [2.05, 4.69) is 26.0 Å². The summed E-state index contributed by atoms with van der Waals surface area (Å²) < 4.78 is 5.61. The maximum atomic E-state index is 12.3. The standard InChI is InChI=1S/C23H34O2/c1-17-3-7-19(8-4-17)9-10-20-11-15-22(16-12-20)25-23(24)21-13-5-18(2)6-14-21/h11-12,15-19,21H,3-10,13-14H2,1-2H3. The fourth-order valence-corrected chi connectivity index (χ4v) is 4.41. The van der Waals surface area contributed by atoms with Gasteiger partial charge < -0.3 is 4.74 Å². The van der Waals surface area contributed by atoms with Gasteiger partial charge in [-0.05, 0) is 74.0 Å². The van der Waals surface area contributed by atoms with Crippen molar-refractivity contribution in [3.8, 4) is 5.75 Å². The van der Waals surface area contributed by atoms with E-state index in [1.807, 2.05) is 12.1 Å². The Morgan fingerprint density at radius 1 is 0.880 bits per heavy atom. The van der Waals surface area contributed by atoms with Crippen LogP contribution in [0.4, 0.5) is 0 Å². The molecule has 0 amide bonds. The minimum absolute atomic E-state index is 0.0315. The van der Waals surface area contributed by atoms with Gasteiger partial charge >= 0.3 is 5.97 Å². The highest BCUT2D eigenvalue weighted by atomic mass is 16.5. The molecule has 0 radical (unpaired) electrons. The van der Waals surface area contributed by atoms with Crippen LogP contribution in [-0.4, -0.2) is 5.97 Å². The Kier molecular flexibility index (Phi) is 6.56. The van der Waals surface area contributed by atoms with Crippen molar-refractivity contribution in [1.29, 1.82) is 0 Å². The van der Waals surface area contributed by atoms with Crippen molar-refractivity contribution in [2.24, 2.45) is 23.7 Å². The van der Waals surface area contributed by atoms with E-state index in [-0.39, 0.29) is 11.9 Å². The first kappa shape index (κ1) is 18.5. The molecule has 0 spiro atoms. The number of hydrogen-bond acceptors (Lipinski definition) is 2. The van der Waals surface area contributed by atoms with E-state index in [0.717, 1.165) is 49.9 Å². The summed E-state index contributed by atoms with van der Waals surface area (Å²) in [6.07, 6.45) is 12.3. The molecule has 2 heteroatoms. The van der Waals surface area contributed by atoms with Crippen LogP contribution < -0.4 is 4.74 Å². The zero-order valence-electron chi connectivity index (χ0n) is 16.0. The number of ether oxygens (including phenoxy) is 1. The van der Waals surface area contributed by atoms with Crippen LogP contribution >= 0.6 is 0 Å². The normalized spacial score (nSPS) is 30.0. The van der Waals surface area contributed by atoms with Crippen molar-refractivity contribution in [3.05, 3.63) is 29.8 Å². The molecule has 2 fully saturated rings. The minimum atomic E-state index is -0.0315. The van der Waals surface area contributed by atoms with Gasteiger partial charge in [0.2, 0.25) is 0 Å². The molecule has 2 saturated carbocycles.